The number of anilines is 1. The molecule has 2 heterocycles. The predicted octanol–water partition coefficient (Wildman–Crippen LogP) is 0.314. The SMILES string of the molecule is O=C=C1CCC(n2c(=C=O)c3cccc(NCc4ccc(C(=O)O)cc4)c3c2=C=O)C(=C=O)N1. The Morgan fingerprint density at radius 1 is 1.00 bits per heavy atom. The molecule has 0 saturated carbocycles. The van der Waals surface area contributed by atoms with E-state index in [9.17, 15) is 24.0 Å². The van der Waals surface area contributed by atoms with Gasteiger partial charge in [0.1, 0.15) is 34.0 Å². The topological polar surface area (TPSA) is 135 Å². The first-order valence-corrected chi connectivity index (χ1v) is 10.3. The monoisotopic (exact) mass is 455 g/mol. The summed E-state index contributed by atoms with van der Waals surface area (Å²) in [7, 11) is 0. The number of hydrogen-bond acceptors (Lipinski definition) is 7. The molecular formula is C25H17N3O6. The molecule has 1 aliphatic rings. The molecule has 9 heteroatoms. The maximum atomic E-state index is 12.1. The van der Waals surface area contributed by atoms with E-state index in [1.54, 1.807) is 42.2 Å². The number of carboxylic acid groups (broad SMARTS) is 1. The lowest BCUT2D eigenvalue weighted by Crippen LogP contribution is -2.39. The average molecular weight is 455 g/mol. The Bertz CT molecular complexity index is 1580. The van der Waals surface area contributed by atoms with Crippen molar-refractivity contribution in [3.8, 4) is 0 Å². The first-order valence-electron chi connectivity index (χ1n) is 10.3. The first-order chi connectivity index (χ1) is 16.5. The molecule has 1 unspecified atom stereocenters. The summed E-state index contributed by atoms with van der Waals surface area (Å²) in [6.07, 6.45) is 0.535. The summed E-state index contributed by atoms with van der Waals surface area (Å²) in [6.45, 7) is 0.320. The lowest BCUT2D eigenvalue weighted by atomic mass is 10.0. The van der Waals surface area contributed by atoms with Gasteiger partial charge in [-0.2, -0.15) is 0 Å². The van der Waals surface area contributed by atoms with Crippen molar-refractivity contribution in [1.82, 2.24) is 9.88 Å². The van der Waals surface area contributed by atoms with Crippen molar-refractivity contribution < 1.29 is 29.1 Å². The van der Waals surface area contributed by atoms with Crippen LogP contribution in [0.4, 0.5) is 5.69 Å². The van der Waals surface area contributed by atoms with Gasteiger partial charge in [0.2, 0.25) is 0 Å². The second-order valence-electron chi connectivity index (χ2n) is 7.63. The highest BCUT2D eigenvalue weighted by Gasteiger charge is 2.28. The number of fused-ring (bicyclic) bond motifs is 1. The van der Waals surface area contributed by atoms with Crippen molar-refractivity contribution in [3.05, 3.63) is 75.7 Å². The van der Waals surface area contributed by atoms with E-state index in [1.807, 2.05) is 11.9 Å². The summed E-state index contributed by atoms with van der Waals surface area (Å²) >= 11 is 0. The Hall–Kier alpha value is -4.89. The van der Waals surface area contributed by atoms with Gasteiger partial charge < -0.3 is 20.3 Å². The summed E-state index contributed by atoms with van der Waals surface area (Å²) in [4.78, 5) is 57.7. The fourth-order valence-corrected chi connectivity index (χ4v) is 4.15. The maximum absolute atomic E-state index is 12.1. The van der Waals surface area contributed by atoms with Crippen LogP contribution in [0.15, 0.2) is 53.9 Å². The van der Waals surface area contributed by atoms with E-state index in [-0.39, 0.29) is 40.5 Å². The molecule has 3 N–H and O–H groups in total. The molecule has 34 heavy (non-hydrogen) atoms. The lowest BCUT2D eigenvalue weighted by Gasteiger charge is -2.25. The average Bonchev–Trinajstić information content (AvgIpc) is 3.20. The van der Waals surface area contributed by atoms with Crippen LogP contribution in [-0.4, -0.2) is 39.4 Å². The molecule has 1 fully saturated rings. The molecule has 9 nitrogen and oxygen atoms in total. The highest BCUT2D eigenvalue weighted by atomic mass is 16.4. The smallest absolute Gasteiger partial charge is 0.335 e. The van der Waals surface area contributed by atoms with E-state index >= 15 is 0 Å². The number of rotatable bonds is 5. The fourth-order valence-electron chi connectivity index (χ4n) is 4.15. The molecule has 1 atom stereocenters. The normalized spacial score (nSPS) is 15.0. The van der Waals surface area contributed by atoms with Gasteiger partial charge in [0.05, 0.1) is 11.6 Å². The minimum absolute atomic E-state index is 0.00550. The van der Waals surface area contributed by atoms with E-state index in [0.717, 1.165) is 5.56 Å². The lowest BCUT2D eigenvalue weighted by molar-refractivity contribution is 0.0697. The van der Waals surface area contributed by atoms with Crippen LogP contribution >= 0.6 is 0 Å². The van der Waals surface area contributed by atoms with E-state index < -0.39 is 12.0 Å². The Labute approximate surface area is 192 Å². The number of nitrogens with one attached hydrogen (secondary N) is 2. The van der Waals surface area contributed by atoms with Crippen LogP contribution in [0.5, 0.6) is 0 Å². The zero-order valence-corrected chi connectivity index (χ0v) is 17.7. The summed E-state index contributed by atoms with van der Waals surface area (Å²) in [5, 5.41) is 15.9. The molecule has 0 aliphatic carbocycles. The minimum Gasteiger partial charge on any atom is -0.478 e. The molecular weight excluding hydrogens is 438 g/mol. The van der Waals surface area contributed by atoms with Crippen molar-refractivity contribution >= 4 is 46.2 Å². The van der Waals surface area contributed by atoms with Crippen molar-refractivity contribution in [2.45, 2.75) is 25.4 Å². The molecule has 3 aromatic rings. The number of hydrogen-bond donors (Lipinski definition) is 3. The van der Waals surface area contributed by atoms with Crippen molar-refractivity contribution in [2.75, 3.05) is 5.32 Å². The highest BCUT2D eigenvalue weighted by molar-refractivity contribution is 5.97. The maximum Gasteiger partial charge on any atom is 0.335 e. The van der Waals surface area contributed by atoms with Crippen molar-refractivity contribution in [1.29, 1.82) is 0 Å². The van der Waals surface area contributed by atoms with Crippen LogP contribution < -0.4 is 21.3 Å². The second kappa shape index (κ2) is 9.31. The molecule has 1 aromatic heterocycles. The number of benzene rings is 2. The van der Waals surface area contributed by atoms with E-state index in [2.05, 4.69) is 10.6 Å². The van der Waals surface area contributed by atoms with Crippen LogP contribution in [0.25, 0.3) is 10.8 Å². The fraction of sp³-hybridized carbons (Fsp3) is 0.160. The van der Waals surface area contributed by atoms with Gasteiger partial charge in [-0.05, 0) is 30.2 Å². The zero-order chi connectivity index (χ0) is 24.2. The van der Waals surface area contributed by atoms with Crippen molar-refractivity contribution in [2.24, 2.45) is 0 Å². The van der Waals surface area contributed by atoms with Crippen LogP contribution in [-0.2, 0) is 25.7 Å². The number of aromatic nitrogens is 1. The standard InChI is InChI=1S/C25H17N3O6/c29-11-17-8-9-21(20(12-30)27-17)28-22(13-31)18-2-1-3-19(24(18)23(28)14-32)26-10-15-4-6-16(7-5-15)25(33)34/h1-7,21,26-27H,8-10H2,(H,33,34). The van der Waals surface area contributed by atoms with Crippen LogP contribution in [0.2, 0.25) is 0 Å². The second-order valence-corrected chi connectivity index (χ2v) is 7.63. The minimum atomic E-state index is -1.02. The van der Waals surface area contributed by atoms with Gasteiger partial charge in [-0.1, -0.05) is 24.3 Å². The van der Waals surface area contributed by atoms with Crippen molar-refractivity contribution in [3.63, 3.8) is 0 Å². The number of carboxylic acids is 1. The zero-order valence-electron chi connectivity index (χ0n) is 17.7. The number of nitrogens with zero attached hydrogens (tertiary/aromatic N) is 1. The van der Waals surface area contributed by atoms with Gasteiger partial charge in [-0.3, -0.25) is 0 Å². The Morgan fingerprint density at radius 2 is 1.74 bits per heavy atom. The number of allylic oxidation sites excluding steroid dienone is 2. The molecule has 1 aliphatic heterocycles. The van der Waals surface area contributed by atoms with Gasteiger partial charge in [0.15, 0.2) is 11.9 Å². The third-order valence-corrected chi connectivity index (χ3v) is 5.75. The van der Waals surface area contributed by atoms with E-state index in [0.29, 0.717) is 23.0 Å². The third-order valence-electron chi connectivity index (χ3n) is 5.75. The summed E-state index contributed by atoms with van der Waals surface area (Å²) < 4.78 is 1.40. The number of piperidine rings is 1. The summed E-state index contributed by atoms with van der Waals surface area (Å²) in [6, 6.07) is 10.7. The van der Waals surface area contributed by atoms with Gasteiger partial charge in [-0.15, -0.1) is 0 Å². The van der Waals surface area contributed by atoms with Crippen LogP contribution in [0.3, 0.4) is 0 Å². The summed E-state index contributed by atoms with van der Waals surface area (Å²) in [5.41, 5.74) is 1.71. The molecule has 1 saturated heterocycles. The molecule has 0 amide bonds. The molecule has 2 aromatic carbocycles. The number of aromatic carboxylic acids is 1. The molecule has 0 bridgehead atoms. The quantitative estimate of drug-likeness (QED) is 0.468. The predicted molar refractivity (Wildman–Crippen MR) is 121 cm³/mol. The van der Waals surface area contributed by atoms with Gasteiger partial charge in [0.25, 0.3) is 0 Å². The largest absolute Gasteiger partial charge is 0.478 e. The molecule has 0 spiro atoms. The number of carbonyl (C=O) groups excluding carboxylic acids is 4. The Morgan fingerprint density at radius 3 is 2.35 bits per heavy atom. The molecule has 4 rings (SSSR count). The third kappa shape index (κ3) is 3.87. The van der Waals surface area contributed by atoms with E-state index in [4.69, 9.17) is 5.11 Å². The van der Waals surface area contributed by atoms with Gasteiger partial charge in [0, 0.05) is 29.4 Å². The highest BCUT2D eigenvalue weighted by Crippen LogP contribution is 2.27. The van der Waals surface area contributed by atoms with Crippen LogP contribution in [0, 0.1) is 0 Å². The van der Waals surface area contributed by atoms with Gasteiger partial charge >= 0.3 is 5.97 Å². The Kier molecular flexibility index (Phi) is 6.11. The number of carbonyl (C=O) groups is 1. The molecule has 0 radical (unpaired) electrons. The molecule has 168 valence electrons. The first kappa shape index (κ1) is 22.3. The van der Waals surface area contributed by atoms with E-state index in [1.165, 1.54) is 16.7 Å². The van der Waals surface area contributed by atoms with Crippen LogP contribution in [0.1, 0.15) is 34.8 Å². The van der Waals surface area contributed by atoms with Gasteiger partial charge in [-0.25, -0.2) is 24.0 Å². The summed E-state index contributed by atoms with van der Waals surface area (Å²) in [5.74, 6) is 6.22. The Balaban J connectivity index is 1.81.